The molecular weight excluding hydrogens is 204 g/mol. The minimum atomic E-state index is -0.584. The molecule has 82 valence electrons. The molecule has 0 fully saturated rings. The van der Waals surface area contributed by atoms with E-state index in [1.165, 1.54) is 4.90 Å². The first-order valence-corrected chi connectivity index (χ1v) is 5.08. The summed E-state index contributed by atoms with van der Waals surface area (Å²) in [5.74, 6) is -0.390. The summed E-state index contributed by atoms with van der Waals surface area (Å²) in [6, 6.07) is 0. The Morgan fingerprint density at radius 2 is 2.07 bits per heavy atom. The fourth-order valence-electron chi connectivity index (χ4n) is 0.917. The number of nitrogens with one attached hydrogen (secondary N) is 1. The molecular formula is C9H17ClN2O2. The van der Waals surface area contributed by atoms with Gasteiger partial charge in [0.1, 0.15) is 5.38 Å². The van der Waals surface area contributed by atoms with E-state index < -0.39 is 5.38 Å². The fourth-order valence-corrected chi connectivity index (χ4v) is 1.08. The molecule has 2 amide bonds. The van der Waals surface area contributed by atoms with Crippen LogP contribution in [-0.2, 0) is 9.59 Å². The molecule has 0 heterocycles. The predicted molar refractivity (Wildman–Crippen MR) is 56.3 cm³/mol. The average Bonchev–Trinajstić information content (AvgIpc) is 2.13. The van der Waals surface area contributed by atoms with Crippen LogP contribution in [0.25, 0.3) is 0 Å². The van der Waals surface area contributed by atoms with Crippen LogP contribution in [0.3, 0.4) is 0 Å². The van der Waals surface area contributed by atoms with E-state index >= 15 is 0 Å². The number of amides is 2. The van der Waals surface area contributed by atoms with Crippen LogP contribution in [0.1, 0.15) is 20.3 Å². The summed E-state index contributed by atoms with van der Waals surface area (Å²) in [5.41, 5.74) is 0. The lowest BCUT2D eigenvalue weighted by atomic mass is 10.4. The molecule has 1 atom stereocenters. The van der Waals surface area contributed by atoms with Crippen molar-refractivity contribution in [2.45, 2.75) is 25.6 Å². The molecule has 0 saturated carbocycles. The Morgan fingerprint density at radius 1 is 1.50 bits per heavy atom. The van der Waals surface area contributed by atoms with Gasteiger partial charge in [-0.25, -0.2) is 0 Å². The highest BCUT2D eigenvalue weighted by Crippen LogP contribution is 1.98. The monoisotopic (exact) mass is 220 g/mol. The first kappa shape index (κ1) is 13.2. The highest BCUT2D eigenvalue weighted by atomic mass is 35.5. The predicted octanol–water partition coefficient (Wildman–Crippen LogP) is 0.598. The second-order valence-corrected chi connectivity index (χ2v) is 3.81. The van der Waals surface area contributed by atoms with Crippen LogP contribution in [0.4, 0.5) is 0 Å². The Morgan fingerprint density at radius 3 is 2.50 bits per heavy atom. The van der Waals surface area contributed by atoms with Gasteiger partial charge >= 0.3 is 0 Å². The number of likely N-dealkylation sites (N-methyl/N-ethyl adjacent to an activating group) is 1. The SMILES string of the molecule is CCCNC(=O)CN(C)C(=O)C(C)Cl. The van der Waals surface area contributed by atoms with Gasteiger partial charge in [0.15, 0.2) is 0 Å². The van der Waals surface area contributed by atoms with E-state index in [9.17, 15) is 9.59 Å². The summed E-state index contributed by atoms with van der Waals surface area (Å²) in [6.07, 6.45) is 0.884. The lowest BCUT2D eigenvalue weighted by Gasteiger charge is -2.17. The largest absolute Gasteiger partial charge is 0.355 e. The third kappa shape index (κ3) is 5.07. The second-order valence-electron chi connectivity index (χ2n) is 3.16. The van der Waals surface area contributed by atoms with E-state index in [1.807, 2.05) is 6.92 Å². The van der Waals surface area contributed by atoms with Crippen LogP contribution < -0.4 is 5.32 Å². The van der Waals surface area contributed by atoms with Crippen molar-refractivity contribution < 1.29 is 9.59 Å². The van der Waals surface area contributed by atoms with E-state index in [2.05, 4.69) is 5.32 Å². The summed E-state index contributed by atoms with van der Waals surface area (Å²) in [4.78, 5) is 23.8. The van der Waals surface area contributed by atoms with Crippen LogP contribution in [0.2, 0.25) is 0 Å². The van der Waals surface area contributed by atoms with E-state index in [0.717, 1.165) is 6.42 Å². The van der Waals surface area contributed by atoms with Crippen LogP contribution in [0.15, 0.2) is 0 Å². The van der Waals surface area contributed by atoms with Gasteiger partial charge in [-0.15, -0.1) is 11.6 Å². The molecule has 4 nitrogen and oxygen atoms in total. The summed E-state index contributed by atoms with van der Waals surface area (Å²) >= 11 is 5.59. The zero-order valence-corrected chi connectivity index (χ0v) is 9.60. The summed E-state index contributed by atoms with van der Waals surface area (Å²) in [5, 5.41) is 2.10. The molecule has 1 unspecified atom stereocenters. The molecule has 14 heavy (non-hydrogen) atoms. The lowest BCUT2D eigenvalue weighted by Crippen LogP contribution is -2.40. The number of rotatable bonds is 5. The first-order chi connectivity index (χ1) is 6.49. The fraction of sp³-hybridized carbons (Fsp3) is 0.778. The van der Waals surface area contributed by atoms with Crippen molar-refractivity contribution in [3.63, 3.8) is 0 Å². The molecule has 0 aliphatic heterocycles. The zero-order chi connectivity index (χ0) is 11.1. The number of alkyl halides is 1. The number of nitrogens with zero attached hydrogens (tertiary/aromatic N) is 1. The van der Waals surface area contributed by atoms with Gasteiger partial charge in [-0.05, 0) is 13.3 Å². The Bertz CT molecular complexity index is 207. The van der Waals surface area contributed by atoms with Gasteiger partial charge in [0.25, 0.3) is 0 Å². The number of carbonyl (C=O) groups excluding carboxylic acids is 2. The highest BCUT2D eigenvalue weighted by Gasteiger charge is 2.16. The molecule has 5 heteroatoms. The van der Waals surface area contributed by atoms with E-state index in [-0.39, 0.29) is 18.4 Å². The van der Waals surface area contributed by atoms with Crippen molar-refractivity contribution >= 4 is 23.4 Å². The van der Waals surface area contributed by atoms with E-state index in [4.69, 9.17) is 11.6 Å². The maximum atomic E-state index is 11.3. The molecule has 0 aliphatic carbocycles. The molecule has 0 aliphatic rings. The number of hydrogen-bond acceptors (Lipinski definition) is 2. The molecule has 0 saturated heterocycles. The van der Waals surface area contributed by atoms with Crippen LogP contribution in [-0.4, -0.2) is 42.2 Å². The van der Waals surface area contributed by atoms with Crippen molar-refractivity contribution in [2.24, 2.45) is 0 Å². The van der Waals surface area contributed by atoms with Crippen molar-refractivity contribution in [2.75, 3.05) is 20.1 Å². The average molecular weight is 221 g/mol. The van der Waals surface area contributed by atoms with Gasteiger partial charge in [0.2, 0.25) is 11.8 Å². The minimum absolute atomic E-state index is 0.0654. The van der Waals surface area contributed by atoms with Crippen LogP contribution in [0, 0.1) is 0 Å². The van der Waals surface area contributed by atoms with Crippen molar-refractivity contribution in [3.05, 3.63) is 0 Å². The number of carbonyl (C=O) groups is 2. The quantitative estimate of drug-likeness (QED) is 0.690. The van der Waals surface area contributed by atoms with Gasteiger partial charge < -0.3 is 10.2 Å². The van der Waals surface area contributed by atoms with E-state index in [0.29, 0.717) is 6.54 Å². The third-order valence-electron chi connectivity index (χ3n) is 1.67. The maximum Gasteiger partial charge on any atom is 0.240 e. The normalized spacial score (nSPS) is 12.0. The third-order valence-corrected chi connectivity index (χ3v) is 1.86. The summed E-state index contributed by atoms with van der Waals surface area (Å²) in [6.45, 7) is 4.26. The Kier molecular flexibility index (Phi) is 6.28. The summed E-state index contributed by atoms with van der Waals surface area (Å²) in [7, 11) is 1.56. The van der Waals surface area contributed by atoms with Crippen LogP contribution in [0.5, 0.6) is 0 Å². The molecule has 0 bridgehead atoms. The van der Waals surface area contributed by atoms with Gasteiger partial charge in [0.05, 0.1) is 6.54 Å². The Labute approximate surface area is 89.6 Å². The van der Waals surface area contributed by atoms with E-state index in [1.54, 1.807) is 14.0 Å². The number of hydrogen-bond donors (Lipinski definition) is 1. The molecule has 0 rings (SSSR count). The highest BCUT2D eigenvalue weighted by molar-refractivity contribution is 6.30. The van der Waals surface area contributed by atoms with Crippen molar-refractivity contribution in [3.8, 4) is 0 Å². The number of halogens is 1. The molecule has 0 aromatic carbocycles. The van der Waals surface area contributed by atoms with Gasteiger partial charge in [-0.2, -0.15) is 0 Å². The molecule has 0 aromatic rings. The molecule has 1 N–H and O–H groups in total. The van der Waals surface area contributed by atoms with Crippen molar-refractivity contribution in [1.29, 1.82) is 0 Å². The topological polar surface area (TPSA) is 49.4 Å². The van der Waals surface area contributed by atoms with Crippen LogP contribution >= 0.6 is 11.6 Å². The first-order valence-electron chi connectivity index (χ1n) is 4.64. The molecule has 0 spiro atoms. The smallest absolute Gasteiger partial charge is 0.240 e. The Hall–Kier alpha value is -0.770. The Balaban J connectivity index is 3.87. The zero-order valence-electron chi connectivity index (χ0n) is 8.84. The molecule has 0 aromatic heterocycles. The van der Waals surface area contributed by atoms with Gasteiger partial charge in [-0.3, -0.25) is 9.59 Å². The standard InChI is InChI=1S/C9H17ClN2O2/c1-4-5-11-8(13)6-12(3)9(14)7(2)10/h7H,4-6H2,1-3H3,(H,11,13). The van der Waals surface area contributed by atoms with Crippen molar-refractivity contribution in [1.82, 2.24) is 10.2 Å². The van der Waals surface area contributed by atoms with Gasteiger partial charge in [0, 0.05) is 13.6 Å². The lowest BCUT2D eigenvalue weighted by molar-refractivity contribution is -0.134. The minimum Gasteiger partial charge on any atom is -0.355 e. The maximum absolute atomic E-state index is 11.3. The van der Waals surface area contributed by atoms with Gasteiger partial charge in [-0.1, -0.05) is 6.92 Å². The molecule has 0 radical (unpaired) electrons. The second kappa shape index (κ2) is 6.65. The summed E-state index contributed by atoms with van der Waals surface area (Å²) < 4.78 is 0.